The van der Waals surface area contributed by atoms with Crippen molar-refractivity contribution >= 4 is 23.1 Å². The van der Waals surface area contributed by atoms with Gasteiger partial charge < -0.3 is 23.8 Å². The normalized spacial score (nSPS) is 15.8. The lowest BCUT2D eigenvalue weighted by molar-refractivity contribution is -0.119. The lowest BCUT2D eigenvalue weighted by atomic mass is 10.2. The van der Waals surface area contributed by atoms with E-state index in [2.05, 4.69) is 10.3 Å². The average molecular weight is 430 g/mol. The number of hydrogen-bond donors (Lipinski definition) is 1. The highest BCUT2D eigenvalue weighted by atomic mass is 16.5. The first-order valence-corrected chi connectivity index (χ1v) is 10.5. The minimum Gasteiger partial charge on any atom is -0.487 e. The number of ether oxygens (including phenoxy) is 1. The number of imidazole rings is 1. The van der Waals surface area contributed by atoms with Crippen LogP contribution < -0.4 is 10.1 Å². The molecule has 4 heterocycles. The van der Waals surface area contributed by atoms with Crippen LogP contribution in [0, 0.1) is 0 Å². The van der Waals surface area contributed by atoms with Crippen molar-refractivity contribution in [2.45, 2.75) is 25.5 Å². The number of aromatic nitrogens is 2. The van der Waals surface area contributed by atoms with E-state index in [4.69, 9.17) is 9.15 Å². The molecule has 0 aliphatic carbocycles. The number of carbonyl (C=O) groups excluding carboxylic acids is 2. The molecule has 1 atom stereocenters. The molecule has 0 radical (unpaired) electrons. The fourth-order valence-electron chi connectivity index (χ4n) is 3.93. The second-order valence-electron chi connectivity index (χ2n) is 7.64. The molecule has 1 saturated heterocycles. The van der Waals surface area contributed by atoms with E-state index >= 15 is 0 Å². The van der Waals surface area contributed by atoms with Gasteiger partial charge in [-0.25, -0.2) is 4.98 Å². The van der Waals surface area contributed by atoms with Crippen molar-refractivity contribution in [3.63, 3.8) is 0 Å². The van der Waals surface area contributed by atoms with Crippen LogP contribution in [-0.4, -0.2) is 38.7 Å². The van der Waals surface area contributed by atoms with Gasteiger partial charge in [0.25, 0.3) is 5.91 Å². The molecule has 8 heteroatoms. The van der Waals surface area contributed by atoms with Gasteiger partial charge in [-0.05, 0) is 49.2 Å². The maximum absolute atomic E-state index is 12.9. The average Bonchev–Trinajstić information content (AvgIpc) is 3.57. The summed E-state index contributed by atoms with van der Waals surface area (Å²) < 4.78 is 13.0. The summed E-state index contributed by atoms with van der Waals surface area (Å²) in [5, 5.41) is 2.91. The quantitative estimate of drug-likeness (QED) is 0.503. The van der Waals surface area contributed by atoms with Crippen molar-refractivity contribution in [3.05, 3.63) is 84.7 Å². The third-order valence-corrected chi connectivity index (χ3v) is 5.45. The Morgan fingerprint density at radius 2 is 2.09 bits per heavy atom. The van der Waals surface area contributed by atoms with E-state index in [1.165, 1.54) is 6.26 Å². The fraction of sp³-hybridized carbons (Fsp3) is 0.208. The fourth-order valence-corrected chi connectivity index (χ4v) is 3.93. The van der Waals surface area contributed by atoms with Crippen LogP contribution in [-0.2, 0) is 11.4 Å². The molecular formula is C24H22N4O4. The molecule has 2 amide bonds. The molecule has 1 N–H and O–H groups in total. The number of rotatable bonds is 6. The summed E-state index contributed by atoms with van der Waals surface area (Å²) in [6, 6.07) is 15.8. The molecule has 0 bridgehead atoms. The minimum absolute atomic E-state index is 0.222. The van der Waals surface area contributed by atoms with Crippen LogP contribution in [0.25, 0.3) is 5.65 Å². The van der Waals surface area contributed by atoms with Gasteiger partial charge in [0.1, 0.15) is 24.0 Å². The number of carbonyl (C=O) groups is 2. The van der Waals surface area contributed by atoms with Crippen LogP contribution in [0.3, 0.4) is 0 Å². The number of nitrogens with zero attached hydrogens (tertiary/aromatic N) is 3. The van der Waals surface area contributed by atoms with E-state index < -0.39 is 6.04 Å². The summed E-state index contributed by atoms with van der Waals surface area (Å²) in [4.78, 5) is 31.6. The Balaban J connectivity index is 1.23. The van der Waals surface area contributed by atoms with Gasteiger partial charge in [-0.1, -0.05) is 12.1 Å². The Morgan fingerprint density at radius 1 is 1.16 bits per heavy atom. The van der Waals surface area contributed by atoms with Gasteiger partial charge in [0.05, 0.1) is 12.0 Å². The molecule has 0 saturated carbocycles. The van der Waals surface area contributed by atoms with Crippen LogP contribution in [0.5, 0.6) is 5.75 Å². The van der Waals surface area contributed by atoms with Crippen molar-refractivity contribution in [3.8, 4) is 5.75 Å². The van der Waals surface area contributed by atoms with E-state index in [0.717, 1.165) is 17.8 Å². The number of nitrogens with one attached hydrogen (secondary N) is 1. The number of pyridine rings is 1. The van der Waals surface area contributed by atoms with Crippen molar-refractivity contribution < 1.29 is 18.7 Å². The number of fused-ring (bicyclic) bond motifs is 1. The Kier molecular flexibility index (Phi) is 5.33. The number of likely N-dealkylation sites (tertiary alicyclic amines) is 1. The monoisotopic (exact) mass is 430 g/mol. The largest absolute Gasteiger partial charge is 0.487 e. The second kappa shape index (κ2) is 8.58. The number of furan rings is 1. The third-order valence-electron chi connectivity index (χ3n) is 5.45. The van der Waals surface area contributed by atoms with Crippen molar-refractivity contribution in [1.29, 1.82) is 0 Å². The Hall–Kier alpha value is -4.07. The molecule has 3 aromatic heterocycles. The van der Waals surface area contributed by atoms with Gasteiger partial charge in [-0.2, -0.15) is 0 Å². The summed E-state index contributed by atoms with van der Waals surface area (Å²) in [5.74, 6) is 0.374. The van der Waals surface area contributed by atoms with Crippen molar-refractivity contribution in [2.75, 3.05) is 11.9 Å². The van der Waals surface area contributed by atoms with Crippen molar-refractivity contribution in [1.82, 2.24) is 14.3 Å². The summed E-state index contributed by atoms with van der Waals surface area (Å²) in [6.07, 6.45) is 6.70. The predicted molar refractivity (Wildman–Crippen MR) is 117 cm³/mol. The zero-order valence-electron chi connectivity index (χ0n) is 17.3. The van der Waals surface area contributed by atoms with Crippen LogP contribution >= 0.6 is 0 Å². The SMILES string of the molecule is O=C(Nc1cccc(OCc2cn3ccccc3n2)c1)C1CCCN1C(=O)c1ccco1. The minimum atomic E-state index is -0.532. The zero-order valence-corrected chi connectivity index (χ0v) is 17.3. The molecule has 1 fully saturated rings. The summed E-state index contributed by atoms with van der Waals surface area (Å²) in [5.41, 5.74) is 2.28. The van der Waals surface area contributed by atoms with Crippen LogP contribution in [0.2, 0.25) is 0 Å². The van der Waals surface area contributed by atoms with Gasteiger partial charge in [-0.3, -0.25) is 9.59 Å². The molecule has 162 valence electrons. The van der Waals surface area contributed by atoms with E-state index in [1.54, 1.807) is 29.2 Å². The number of benzene rings is 1. The van der Waals surface area contributed by atoms with Crippen LogP contribution in [0.15, 0.2) is 77.7 Å². The smallest absolute Gasteiger partial charge is 0.290 e. The number of anilines is 1. The Bertz CT molecular complexity index is 1210. The molecule has 1 aliphatic rings. The topological polar surface area (TPSA) is 89.1 Å². The van der Waals surface area contributed by atoms with Crippen molar-refractivity contribution in [2.24, 2.45) is 0 Å². The lowest BCUT2D eigenvalue weighted by Crippen LogP contribution is -2.43. The van der Waals surface area contributed by atoms with Gasteiger partial charge in [-0.15, -0.1) is 0 Å². The molecule has 1 aliphatic heterocycles. The van der Waals surface area contributed by atoms with Crippen LogP contribution in [0.4, 0.5) is 5.69 Å². The Labute approximate surface area is 184 Å². The van der Waals surface area contributed by atoms with Gasteiger partial charge >= 0.3 is 0 Å². The molecule has 4 aromatic rings. The number of amides is 2. The first-order chi connectivity index (χ1) is 15.7. The summed E-state index contributed by atoms with van der Waals surface area (Å²) in [7, 11) is 0. The molecule has 1 aromatic carbocycles. The van der Waals surface area contributed by atoms with E-state index in [-0.39, 0.29) is 17.6 Å². The second-order valence-corrected chi connectivity index (χ2v) is 7.64. The van der Waals surface area contributed by atoms with E-state index in [9.17, 15) is 9.59 Å². The zero-order chi connectivity index (χ0) is 21.9. The highest BCUT2D eigenvalue weighted by molar-refractivity contribution is 6.00. The number of hydrogen-bond acceptors (Lipinski definition) is 5. The first-order valence-electron chi connectivity index (χ1n) is 10.5. The van der Waals surface area contributed by atoms with Gasteiger partial charge in [0, 0.05) is 30.7 Å². The lowest BCUT2D eigenvalue weighted by Gasteiger charge is -2.23. The molecule has 32 heavy (non-hydrogen) atoms. The standard InChI is InChI=1S/C24H22N4O4/c29-23(20-8-4-12-28(20)24(30)21-9-5-13-31-21)26-17-6-3-7-19(14-17)32-16-18-15-27-11-2-1-10-22(27)25-18/h1-3,5-7,9-11,13-15,20H,4,8,12,16H2,(H,26,29). The van der Waals surface area contributed by atoms with E-state index in [1.807, 2.05) is 47.1 Å². The molecule has 0 spiro atoms. The predicted octanol–water partition coefficient (Wildman–Crippen LogP) is 3.75. The highest BCUT2D eigenvalue weighted by Gasteiger charge is 2.35. The molecule has 1 unspecified atom stereocenters. The van der Waals surface area contributed by atoms with Gasteiger partial charge in [0.2, 0.25) is 5.91 Å². The summed E-state index contributed by atoms with van der Waals surface area (Å²) >= 11 is 0. The Morgan fingerprint density at radius 3 is 2.94 bits per heavy atom. The third kappa shape index (κ3) is 4.07. The molecule has 8 nitrogen and oxygen atoms in total. The highest BCUT2D eigenvalue weighted by Crippen LogP contribution is 2.24. The first kappa shape index (κ1) is 19.9. The van der Waals surface area contributed by atoms with Crippen LogP contribution in [0.1, 0.15) is 29.1 Å². The summed E-state index contributed by atoms with van der Waals surface area (Å²) in [6.45, 7) is 0.840. The maximum Gasteiger partial charge on any atom is 0.290 e. The maximum atomic E-state index is 12.9. The van der Waals surface area contributed by atoms with E-state index in [0.29, 0.717) is 31.0 Å². The molecule has 5 rings (SSSR count). The molecular weight excluding hydrogens is 408 g/mol. The van der Waals surface area contributed by atoms with Gasteiger partial charge in [0.15, 0.2) is 5.76 Å².